The van der Waals surface area contributed by atoms with E-state index in [0.717, 1.165) is 47.3 Å². The first-order valence-electron chi connectivity index (χ1n) is 10.8. The van der Waals surface area contributed by atoms with Gasteiger partial charge >= 0.3 is 0 Å². The van der Waals surface area contributed by atoms with E-state index in [2.05, 4.69) is 51.7 Å². The van der Waals surface area contributed by atoms with Crippen molar-refractivity contribution in [3.63, 3.8) is 0 Å². The average Bonchev–Trinajstić information content (AvgIpc) is 3.30. The molecule has 0 amide bonds. The van der Waals surface area contributed by atoms with E-state index in [1.165, 1.54) is 5.56 Å². The Morgan fingerprint density at radius 3 is 2.52 bits per heavy atom. The van der Waals surface area contributed by atoms with Gasteiger partial charge in [0.15, 0.2) is 5.11 Å². The Bertz CT molecular complexity index is 1310. The van der Waals surface area contributed by atoms with Crippen molar-refractivity contribution in [3.05, 3.63) is 107 Å². The molecule has 5 nitrogen and oxygen atoms in total. The molecule has 1 aliphatic rings. The number of thiocarbonyl (C=S) groups is 1. The van der Waals surface area contributed by atoms with Crippen molar-refractivity contribution in [2.24, 2.45) is 5.10 Å². The Hall–Kier alpha value is -3.35. The van der Waals surface area contributed by atoms with E-state index in [1.807, 2.05) is 41.4 Å². The fraction of sp³-hybridized carbons (Fsp3) is 0.154. The second-order valence-electron chi connectivity index (χ2n) is 7.89. The number of nitrogens with one attached hydrogen (secondary N) is 1. The van der Waals surface area contributed by atoms with Crippen LogP contribution in [-0.2, 0) is 6.42 Å². The van der Waals surface area contributed by atoms with E-state index in [1.54, 1.807) is 12.4 Å². The summed E-state index contributed by atoms with van der Waals surface area (Å²) in [6.45, 7) is 0.737. The summed E-state index contributed by atoms with van der Waals surface area (Å²) in [5.74, 6) is 0. The van der Waals surface area contributed by atoms with Crippen LogP contribution in [0.5, 0.6) is 0 Å². The SMILES string of the molecule is S=C(NCCc1ccccc1)N1N=C(c2ccc(Cl)cc2)C[C@@H]1c1ccc2nccnc2c1. The second-order valence-corrected chi connectivity index (χ2v) is 8.71. The molecule has 0 bridgehead atoms. The lowest BCUT2D eigenvalue weighted by Crippen LogP contribution is -2.37. The van der Waals surface area contributed by atoms with Crippen LogP contribution in [0.4, 0.5) is 0 Å². The van der Waals surface area contributed by atoms with Crippen molar-refractivity contribution in [1.82, 2.24) is 20.3 Å². The highest BCUT2D eigenvalue weighted by Gasteiger charge is 2.31. The van der Waals surface area contributed by atoms with Gasteiger partial charge in [-0.15, -0.1) is 0 Å². The Morgan fingerprint density at radius 1 is 0.970 bits per heavy atom. The molecule has 4 aromatic rings. The third kappa shape index (κ3) is 4.87. The largest absolute Gasteiger partial charge is 0.361 e. The summed E-state index contributed by atoms with van der Waals surface area (Å²) < 4.78 is 0. The number of aromatic nitrogens is 2. The second kappa shape index (κ2) is 9.65. The van der Waals surface area contributed by atoms with Gasteiger partial charge in [-0.3, -0.25) is 9.97 Å². The van der Waals surface area contributed by atoms with Crippen LogP contribution in [0.15, 0.2) is 90.3 Å². The molecular formula is C26H22ClN5S. The molecule has 0 unspecified atom stereocenters. The summed E-state index contributed by atoms with van der Waals surface area (Å²) in [5.41, 5.74) is 6.11. The normalized spacial score (nSPS) is 15.5. The number of fused-ring (bicyclic) bond motifs is 1. The van der Waals surface area contributed by atoms with Crippen LogP contribution in [-0.4, -0.2) is 32.3 Å². The van der Waals surface area contributed by atoms with Gasteiger partial charge in [0.25, 0.3) is 0 Å². The van der Waals surface area contributed by atoms with Crippen LogP contribution in [0.3, 0.4) is 0 Å². The van der Waals surface area contributed by atoms with Gasteiger partial charge in [-0.05, 0) is 59.6 Å². The quantitative estimate of drug-likeness (QED) is 0.387. The van der Waals surface area contributed by atoms with Crippen LogP contribution >= 0.6 is 23.8 Å². The summed E-state index contributed by atoms with van der Waals surface area (Å²) in [5, 5.41) is 11.5. The molecular weight excluding hydrogens is 450 g/mol. The van der Waals surface area contributed by atoms with Gasteiger partial charge in [-0.2, -0.15) is 5.10 Å². The fourth-order valence-corrected chi connectivity index (χ4v) is 4.40. The van der Waals surface area contributed by atoms with E-state index in [4.69, 9.17) is 28.9 Å². The topological polar surface area (TPSA) is 53.4 Å². The smallest absolute Gasteiger partial charge is 0.190 e. The van der Waals surface area contributed by atoms with E-state index in [9.17, 15) is 0 Å². The van der Waals surface area contributed by atoms with Crippen LogP contribution in [0.1, 0.15) is 29.2 Å². The van der Waals surface area contributed by atoms with E-state index in [-0.39, 0.29) is 6.04 Å². The lowest BCUT2D eigenvalue weighted by Gasteiger charge is -2.25. The molecule has 0 aliphatic carbocycles. The zero-order valence-corrected chi connectivity index (χ0v) is 19.4. The molecule has 1 aromatic heterocycles. The summed E-state index contributed by atoms with van der Waals surface area (Å²) in [6, 6.07) is 24.3. The van der Waals surface area contributed by atoms with Gasteiger partial charge < -0.3 is 5.32 Å². The van der Waals surface area contributed by atoms with E-state index >= 15 is 0 Å². The first-order valence-corrected chi connectivity index (χ1v) is 11.6. The molecule has 0 radical (unpaired) electrons. The van der Waals surface area contributed by atoms with Gasteiger partial charge in [0.2, 0.25) is 0 Å². The van der Waals surface area contributed by atoms with Crippen LogP contribution in [0.2, 0.25) is 5.02 Å². The molecule has 33 heavy (non-hydrogen) atoms. The Balaban J connectivity index is 1.40. The highest BCUT2D eigenvalue weighted by Crippen LogP contribution is 2.34. The minimum Gasteiger partial charge on any atom is -0.361 e. The van der Waals surface area contributed by atoms with E-state index < -0.39 is 0 Å². The van der Waals surface area contributed by atoms with Crippen molar-refractivity contribution >= 4 is 45.7 Å². The molecule has 1 N–H and O–H groups in total. The molecule has 0 fully saturated rings. The van der Waals surface area contributed by atoms with Crippen molar-refractivity contribution < 1.29 is 0 Å². The Kier molecular flexibility index (Phi) is 6.28. The molecule has 164 valence electrons. The highest BCUT2D eigenvalue weighted by molar-refractivity contribution is 7.80. The molecule has 3 aromatic carbocycles. The Labute approximate surface area is 203 Å². The van der Waals surface area contributed by atoms with Gasteiger partial charge in [-0.25, -0.2) is 5.01 Å². The van der Waals surface area contributed by atoms with Gasteiger partial charge in [0.1, 0.15) is 0 Å². The number of halogens is 1. The summed E-state index contributed by atoms with van der Waals surface area (Å²) in [6.07, 6.45) is 5.04. The molecule has 1 aliphatic heterocycles. The van der Waals surface area contributed by atoms with Gasteiger partial charge in [0.05, 0.1) is 22.8 Å². The molecule has 0 saturated carbocycles. The van der Waals surface area contributed by atoms with Crippen molar-refractivity contribution in [2.45, 2.75) is 18.9 Å². The molecule has 7 heteroatoms. The minimum atomic E-state index is -0.0289. The average molecular weight is 472 g/mol. The maximum Gasteiger partial charge on any atom is 0.190 e. The number of benzene rings is 3. The van der Waals surface area contributed by atoms with Crippen molar-refractivity contribution in [3.8, 4) is 0 Å². The van der Waals surface area contributed by atoms with Gasteiger partial charge in [0, 0.05) is 30.4 Å². The lowest BCUT2D eigenvalue weighted by molar-refractivity contribution is 0.364. The fourth-order valence-electron chi connectivity index (χ4n) is 4.00. The third-order valence-electron chi connectivity index (χ3n) is 5.71. The molecule has 1 atom stereocenters. The standard InChI is InChI=1S/C26H22ClN5S/c27-21-9-6-19(7-10-21)23-17-25(20-8-11-22-24(16-20)29-15-14-28-22)32(31-23)26(33)30-13-12-18-4-2-1-3-5-18/h1-11,14-16,25H,12-13,17H2,(H,30,33)/t25-/m1/s1. The van der Waals surface area contributed by atoms with Gasteiger partial charge in [-0.1, -0.05) is 60.1 Å². The first kappa shape index (κ1) is 21.5. The highest BCUT2D eigenvalue weighted by atomic mass is 35.5. The van der Waals surface area contributed by atoms with Crippen molar-refractivity contribution in [1.29, 1.82) is 0 Å². The summed E-state index contributed by atoms with van der Waals surface area (Å²) >= 11 is 11.9. The monoisotopic (exact) mass is 471 g/mol. The number of hydrazone groups is 1. The number of hydrogen-bond donors (Lipinski definition) is 1. The number of rotatable bonds is 5. The van der Waals surface area contributed by atoms with E-state index in [0.29, 0.717) is 10.1 Å². The predicted octanol–water partition coefficient (Wildman–Crippen LogP) is 5.55. The van der Waals surface area contributed by atoms with Crippen LogP contribution < -0.4 is 5.32 Å². The van der Waals surface area contributed by atoms with Crippen LogP contribution in [0.25, 0.3) is 11.0 Å². The lowest BCUT2D eigenvalue weighted by atomic mass is 9.98. The van der Waals surface area contributed by atoms with Crippen molar-refractivity contribution in [2.75, 3.05) is 6.54 Å². The molecule has 0 saturated heterocycles. The number of hydrogen-bond acceptors (Lipinski definition) is 4. The molecule has 0 spiro atoms. The Morgan fingerprint density at radius 2 is 1.73 bits per heavy atom. The predicted molar refractivity (Wildman–Crippen MR) is 137 cm³/mol. The number of nitrogens with zero attached hydrogens (tertiary/aromatic N) is 4. The van der Waals surface area contributed by atoms with Crippen LogP contribution in [0, 0.1) is 0 Å². The third-order valence-corrected chi connectivity index (χ3v) is 6.29. The molecule has 2 heterocycles. The molecule has 5 rings (SSSR count). The summed E-state index contributed by atoms with van der Waals surface area (Å²) in [7, 11) is 0. The minimum absolute atomic E-state index is 0.0289. The maximum atomic E-state index is 6.09. The summed E-state index contributed by atoms with van der Waals surface area (Å²) in [4.78, 5) is 8.86. The maximum absolute atomic E-state index is 6.09. The first-order chi connectivity index (χ1) is 16.2. The zero-order chi connectivity index (χ0) is 22.6. The zero-order valence-electron chi connectivity index (χ0n) is 17.9.